The fourth-order valence-corrected chi connectivity index (χ4v) is 6.97. The summed E-state index contributed by atoms with van der Waals surface area (Å²) in [6, 6.07) is 30.8. The topological polar surface area (TPSA) is 86.8 Å². The molecule has 0 aliphatic carbocycles. The molecule has 4 aromatic carbocycles. The van der Waals surface area contributed by atoms with Crippen molar-refractivity contribution < 1.29 is 18.0 Å². The van der Waals surface area contributed by atoms with Gasteiger partial charge in [0.25, 0.3) is 10.0 Å². The number of carbonyl (C=O) groups is 2. The third kappa shape index (κ3) is 8.80. The molecule has 0 aliphatic rings. The van der Waals surface area contributed by atoms with E-state index in [0.29, 0.717) is 10.2 Å². The second-order valence-corrected chi connectivity index (χ2v) is 14.2. The Morgan fingerprint density at radius 2 is 1.39 bits per heavy atom. The quantitative estimate of drug-likeness (QED) is 0.161. The summed E-state index contributed by atoms with van der Waals surface area (Å²) in [6.45, 7) is 3.48. The molecule has 0 aromatic heterocycles. The summed E-state index contributed by atoms with van der Waals surface area (Å²) in [4.78, 5) is 29.9. The van der Waals surface area contributed by atoms with Crippen molar-refractivity contribution in [1.82, 2.24) is 10.2 Å². The van der Waals surface area contributed by atoms with Gasteiger partial charge in [-0.05, 0) is 66.9 Å². The molecule has 2 amide bonds. The Kier molecular flexibility index (Phi) is 11.8. The molecule has 0 spiro atoms. The molecule has 4 aromatic rings. The van der Waals surface area contributed by atoms with Crippen LogP contribution in [0.15, 0.2) is 123 Å². The van der Waals surface area contributed by atoms with Crippen LogP contribution in [0, 0.1) is 0 Å². The molecule has 7 nitrogen and oxygen atoms in total. The lowest BCUT2D eigenvalue weighted by Gasteiger charge is -2.34. The first-order valence-electron chi connectivity index (χ1n) is 14.3. The Morgan fingerprint density at radius 3 is 2.00 bits per heavy atom. The average molecular weight is 742 g/mol. The summed E-state index contributed by atoms with van der Waals surface area (Å²) in [6.07, 6.45) is 0.973. The monoisotopic (exact) mass is 739 g/mol. The first-order valence-corrected chi connectivity index (χ1v) is 17.3. The maximum absolute atomic E-state index is 14.5. The third-order valence-corrected chi connectivity index (χ3v) is 9.99. The predicted molar refractivity (Wildman–Crippen MR) is 182 cm³/mol. The minimum atomic E-state index is -4.15. The third-order valence-electron chi connectivity index (χ3n) is 7.22. The van der Waals surface area contributed by atoms with Crippen LogP contribution >= 0.6 is 31.9 Å². The molecule has 0 fully saturated rings. The van der Waals surface area contributed by atoms with Crippen molar-refractivity contribution in [1.29, 1.82) is 0 Å². The minimum Gasteiger partial charge on any atom is -0.352 e. The van der Waals surface area contributed by atoms with Crippen molar-refractivity contribution in [2.45, 2.75) is 50.2 Å². The van der Waals surface area contributed by atoms with Gasteiger partial charge in [0.1, 0.15) is 12.6 Å². The Hall–Kier alpha value is -3.47. The van der Waals surface area contributed by atoms with Crippen molar-refractivity contribution in [3.05, 3.63) is 129 Å². The van der Waals surface area contributed by atoms with E-state index >= 15 is 0 Å². The second kappa shape index (κ2) is 15.5. The molecule has 0 saturated heterocycles. The lowest BCUT2D eigenvalue weighted by atomic mass is 10.0. The molecule has 0 unspecified atom stereocenters. The number of sulfonamides is 1. The van der Waals surface area contributed by atoms with Gasteiger partial charge in [-0.15, -0.1) is 0 Å². The second-order valence-electron chi connectivity index (χ2n) is 10.5. The molecular weight excluding hydrogens is 706 g/mol. The van der Waals surface area contributed by atoms with E-state index < -0.39 is 28.5 Å². The first kappa shape index (κ1) is 33.4. The number of hydrogen-bond acceptors (Lipinski definition) is 4. The van der Waals surface area contributed by atoms with Gasteiger partial charge in [-0.2, -0.15) is 0 Å². The number of halogens is 2. The normalized spacial score (nSPS) is 12.6. The number of benzene rings is 4. The van der Waals surface area contributed by atoms with E-state index in [0.717, 1.165) is 26.3 Å². The van der Waals surface area contributed by atoms with Crippen molar-refractivity contribution in [2.24, 2.45) is 0 Å². The standard InChI is InChI=1S/C34H35Br2N3O4S/c1-3-25(2)37-34(41)32(21-26-12-6-4-7-13-26)38(23-27-14-10-15-28(35)20-27)33(40)24-39(30-17-11-16-29(36)22-30)44(42,43)31-18-8-5-9-19-31/h4-20,22,25,32H,3,21,23-24H2,1-2H3,(H,37,41)/t25-,32+/m1/s1. The fourth-order valence-electron chi connectivity index (χ4n) is 4.71. The van der Waals surface area contributed by atoms with Gasteiger partial charge in [0.15, 0.2) is 0 Å². The van der Waals surface area contributed by atoms with Gasteiger partial charge in [-0.25, -0.2) is 8.42 Å². The van der Waals surface area contributed by atoms with Crippen LogP contribution in [0.4, 0.5) is 5.69 Å². The van der Waals surface area contributed by atoms with Gasteiger partial charge in [-0.1, -0.05) is 106 Å². The van der Waals surface area contributed by atoms with Gasteiger partial charge in [0.2, 0.25) is 11.8 Å². The van der Waals surface area contributed by atoms with E-state index in [-0.39, 0.29) is 29.8 Å². The van der Waals surface area contributed by atoms with Crippen LogP contribution < -0.4 is 9.62 Å². The van der Waals surface area contributed by atoms with Crippen molar-refractivity contribution in [3.63, 3.8) is 0 Å². The number of carbonyl (C=O) groups excluding carboxylic acids is 2. The molecule has 1 N–H and O–H groups in total. The highest BCUT2D eigenvalue weighted by molar-refractivity contribution is 9.10. The highest BCUT2D eigenvalue weighted by atomic mass is 79.9. The summed E-state index contributed by atoms with van der Waals surface area (Å²) in [5, 5.41) is 3.05. The van der Waals surface area contributed by atoms with Crippen LogP contribution in [0.25, 0.3) is 0 Å². The van der Waals surface area contributed by atoms with Crippen LogP contribution in [0.1, 0.15) is 31.4 Å². The van der Waals surface area contributed by atoms with Crippen LogP contribution in [-0.4, -0.2) is 43.8 Å². The van der Waals surface area contributed by atoms with E-state index in [2.05, 4.69) is 37.2 Å². The summed E-state index contributed by atoms with van der Waals surface area (Å²) in [5.74, 6) is -0.809. The van der Waals surface area contributed by atoms with E-state index in [4.69, 9.17) is 0 Å². The van der Waals surface area contributed by atoms with Gasteiger partial charge >= 0.3 is 0 Å². The van der Waals surface area contributed by atoms with Crippen LogP contribution in [0.2, 0.25) is 0 Å². The van der Waals surface area contributed by atoms with E-state index in [1.165, 1.54) is 17.0 Å². The average Bonchev–Trinajstić information content (AvgIpc) is 3.02. The fraction of sp³-hybridized carbons (Fsp3) is 0.235. The zero-order chi connectivity index (χ0) is 31.7. The van der Waals surface area contributed by atoms with Crippen LogP contribution in [0.5, 0.6) is 0 Å². The summed E-state index contributed by atoms with van der Waals surface area (Å²) < 4.78 is 30.7. The number of nitrogens with zero attached hydrogens (tertiary/aromatic N) is 2. The van der Waals surface area contributed by atoms with E-state index in [1.807, 2.05) is 68.4 Å². The summed E-state index contributed by atoms with van der Waals surface area (Å²) in [5.41, 5.74) is 1.99. The predicted octanol–water partition coefficient (Wildman–Crippen LogP) is 6.96. The molecule has 2 atom stereocenters. The molecule has 0 heterocycles. The molecule has 0 aliphatic heterocycles. The maximum Gasteiger partial charge on any atom is 0.264 e. The molecular formula is C34H35Br2N3O4S. The number of nitrogens with one attached hydrogen (secondary N) is 1. The Balaban J connectivity index is 1.80. The number of hydrogen-bond donors (Lipinski definition) is 1. The molecule has 230 valence electrons. The van der Waals surface area contributed by atoms with Crippen molar-refractivity contribution in [3.8, 4) is 0 Å². The SMILES string of the molecule is CC[C@@H](C)NC(=O)[C@H](Cc1ccccc1)N(Cc1cccc(Br)c1)C(=O)CN(c1cccc(Br)c1)S(=O)(=O)c1ccccc1. The number of rotatable bonds is 13. The Labute approximate surface area is 276 Å². The molecule has 0 radical (unpaired) electrons. The van der Waals surface area contributed by atoms with Crippen LogP contribution in [0.3, 0.4) is 0 Å². The van der Waals surface area contributed by atoms with Crippen molar-refractivity contribution in [2.75, 3.05) is 10.8 Å². The highest BCUT2D eigenvalue weighted by Crippen LogP contribution is 2.27. The van der Waals surface area contributed by atoms with E-state index in [9.17, 15) is 18.0 Å². The maximum atomic E-state index is 14.5. The van der Waals surface area contributed by atoms with Crippen LogP contribution in [-0.2, 0) is 32.6 Å². The summed E-state index contributed by atoms with van der Waals surface area (Å²) >= 11 is 6.94. The molecule has 44 heavy (non-hydrogen) atoms. The zero-order valence-electron chi connectivity index (χ0n) is 24.6. The van der Waals surface area contributed by atoms with Gasteiger partial charge < -0.3 is 10.2 Å². The molecule has 0 saturated carbocycles. The minimum absolute atomic E-state index is 0.0571. The van der Waals surface area contributed by atoms with E-state index in [1.54, 1.807) is 42.5 Å². The van der Waals surface area contributed by atoms with Gasteiger partial charge in [0, 0.05) is 28.0 Å². The number of anilines is 1. The molecule has 0 bridgehead atoms. The van der Waals surface area contributed by atoms with Crippen molar-refractivity contribution >= 4 is 59.4 Å². The Bertz CT molecular complexity index is 1670. The van der Waals surface area contributed by atoms with Gasteiger partial charge in [0.05, 0.1) is 10.6 Å². The molecule has 10 heteroatoms. The lowest BCUT2D eigenvalue weighted by Crippen LogP contribution is -2.54. The summed E-state index contributed by atoms with van der Waals surface area (Å²) in [7, 11) is -4.15. The first-order chi connectivity index (χ1) is 21.1. The lowest BCUT2D eigenvalue weighted by molar-refractivity contribution is -0.140. The van der Waals surface area contributed by atoms with Gasteiger partial charge in [-0.3, -0.25) is 13.9 Å². The molecule has 4 rings (SSSR count). The highest BCUT2D eigenvalue weighted by Gasteiger charge is 2.35. The number of amides is 2. The Morgan fingerprint density at radius 1 is 0.795 bits per heavy atom. The smallest absolute Gasteiger partial charge is 0.264 e. The zero-order valence-corrected chi connectivity index (χ0v) is 28.6. The largest absolute Gasteiger partial charge is 0.352 e.